The van der Waals surface area contributed by atoms with Gasteiger partial charge in [-0.05, 0) is 92.0 Å². The summed E-state index contributed by atoms with van der Waals surface area (Å²) in [7, 11) is 2.22. The molecule has 0 aliphatic carbocycles. The molecule has 33 heavy (non-hydrogen) atoms. The number of benzene rings is 3. The van der Waals surface area contributed by atoms with Gasteiger partial charge in [0.05, 0.1) is 21.2 Å². The van der Waals surface area contributed by atoms with Crippen LogP contribution in [-0.4, -0.2) is 35.0 Å². The zero-order valence-electron chi connectivity index (χ0n) is 18.7. The van der Waals surface area contributed by atoms with Crippen LogP contribution in [0.2, 0.25) is 0 Å². The summed E-state index contributed by atoms with van der Waals surface area (Å²) in [6.45, 7) is 2.38. The van der Waals surface area contributed by atoms with E-state index in [-0.39, 0.29) is 0 Å². The van der Waals surface area contributed by atoms with E-state index >= 15 is 0 Å². The van der Waals surface area contributed by atoms with E-state index in [9.17, 15) is 0 Å². The molecule has 1 aliphatic rings. The molecular weight excluding hydrogens is 424 g/mol. The SMILES string of the molecule is CN1CCC(c2ccc(-c3ccc4nccc(Nc5ccc6scnc6c5)c4c3)cc2)CC1. The smallest absolute Gasteiger partial charge is 0.0832 e. The van der Waals surface area contributed by atoms with E-state index in [1.54, 1.807) is 11.3 Å². The maximum atomic E-state index is 4.59. The first-order valence-corrected chi connectivity index (χ1v) is 12.4. The molecule has 1 saturated heterocycles. The summed E-state index contributed by atoms with van der Waals surface area (Å²) in [4.78, 5) is 11.5. The van der Waals surface area contributed by atoms with Crippen molar-refractivity contribution in [1.29, 1.82) is 0 Å². The lowest BCUT2D eigenvalue weighted by Crippen LogP contribution is -2.29. The Morgan fingerprint density at radius 3 is 2.52 bits per heavy atom. The molecule has 0 saturated carbocycles. The number of hydrogen-bond donors (Lipinski definition) is 1. The minimum Gasteiger partial charge on any atom is -0.355 e. The van der Waals surface area contributed by atoms with Crippen molar-refractivity contribution in [3.05, 3.63) is 84.0 Å². The summed E-state index contributed by atoms with van der Waals surface area (Å²) in [6, 6.07) is 24.1. The normalized spacial score (nSPS) is 15.3. The highest BCUT2D eigenvalue weighted by Crippen LogP contribution is 2.33. The summed E-state index contributed by atoms with van der Waals surface area (Å²) in [5.41, 5.74) is 9.91. The molecule has 0 atom stereocenters. The van der Waals surface area contributed by atoms with Crippen LogP contribution in [0.1, 0.15) is 24.3 Å². The molecule has 5 aromatic rings. The number of aromatic nitrogens is 2. The average Bonchev–Trinajstić information content (AvgIpc) is 3.33. The molecule has 1 N–H and O–H groups in total. The molecule has 0 spiro atoms. The molecule has 3 heterocycles. The van der Waals surface area contributed by atoms with E-state index in [0.717, 1.165) is 27.8 Å². The molecule has 0 amide bonds. The Morgan fingerprint density at radius 2 is 1.67 bits per heavy atom. The maximum Gasteiger partial charge on any atom is 0.0832 e. The predicted molar refractivity (Wildman–Crippen MR) is 140 cm³/mol. The Labute approximate surface area is 197 Å². The van der Waals surface area contributed by atoms with Gasteiger partial charge in [0.2, 0.25) is 0 Å². The third kappa shape index (κ3) is 4.10. The van der Waals surface area contributed by atoms with Crippen molar-refractivity contribution < 1.29 is 0 Å². The van der Waals surface area contributed by atoms with Gasteiger partial charge in [-0.15, -0.1) is 11.3 Å². The number of rotatable bonds is 4. The number of fused-ring (bicyclic) bond motifs is 2. The fourth-order valence-electron chi connectivity index (χ4n) is 4.82. The second-order valence-electron chi connectivity index (χ2n) is 8.95. The molecule has 0 radical (unpaired) electrons. The molecule has 6 rings (SSSR count). The van der Waals surface area contributed by atoms with Gasteiger partial charge in [0.25, 0.3) is 0 Å². The number of nitrogens with zero attached hydrogens (tertiary/aromatic N) is 3. The zero-order valence-corrected chi connectivity index (χ0v) is 19.5. The lowest BCUT2D eigenvalue weighted by Gasteiger charge is -2.29. The van der Waals surface area contributed by atoms with Crippen LogP contribution >= 0.6 is 11.3 Å². The second-order valence-corrected chi connectivity index (χ2v) is 9.84. The first kappa shape index (κ1) is 20.3. The number of anilines is 2. The topological polar surface area (TPSA) is 41.1 Å². The van der Waals surface area contributed by atoms with Crippen molar-refractivity contribution in [3.63, 3.8) is 0 Å². The Morgan fingerprint density at radius 1 is 0.848 bits per heavy atom. The minimum absolute atomic E-state index is 0.682. The van der Waals surface area contributed by atoms with Gasteiger partial charge in [-0.1, -0.05) is 30.3 Å². The third-order valence-electron chi connectivity index (χ3n) is 6.78. The lowest BCUT2D eigenvalue weighted by molar-refractivity contribution is 0.255. The fraction of sp³-hybridized carbons (Fsp3) is 0.214. The van der Waals surface area contributed by atoms with Crippen LogP contribution in [0.4, 0.5) is 11.4 Å². The minimum atomic E-state index is 0.682. The lowest BCUT2D eigenvalue weighted by atomic mass is 9.88. The van der Waals surface area contributed by atoms with Gasteiger partial charge in [-0.3, -0.25) is 4.98 Å². The molecule has 4 nitrogen and oxygen atoms in total. The maximum absolute atomic E-state index is 4.59. The van der Waals surface area contributed by atoms with Crippen molar-refractivity contribution in [2.45, 2.75) is 18.8 Å². The van der Waals surface area contributed by atoms with Crippen LogP contribution < -0.4 is 5.32 Å². The zero-order chi connectivity index (χ0) is 22.2. The summed E-state index contributed by atoms with van der Waals surface area (Å²) in [5.74, 6) is 0.682. The van der Waals surface area contributed by atoms with Gasteiger partial charge >= 0.3 is 0 Å². The average molecular weight is 451 g/mol. The van der Waals surface area contributed by atoms with Gasteiger partial charge in [0.1, 0.15) is 0 Å². The summed E-state index contributed by atoms with van der Waals surface area (Å²) >= 11 is 1.66. The monoisotopic (exact) mass is 450 g/mol. The molecule has 1 aliphatic heterocycles. The third-order valence-corrected chi connectivity index (χ3v) is 7.59. The van der Waals surface area contributed by atoms with Gasteiger partial charge in [0.15, 0.2) is 0 Å². The molecule has 164 valence electrons. The van der Waals surface area contributed by atoms with Crippen LogP contribution in [0.3, 0.4) is 0 Å². The number of pyridine rings is 1. The molecule has 5 heteroatoms. The Bertz CT molecular complexity index is 1420. The molecule has 3 aromatic carbocycles. The largest absolute Gasteiger partial charge is 0.355 e. The van der Waals surface area contributed by atoms with Crippen LogP contribution in [0.15, 0.2) is 78.4 Å². The van der Waals surface area contributed by atoms with Gasteiger partial charge < -0.3 is 10.2 Å². The molecular formula is C28H26N4S. The van der Waals surface area contributed by atoms with Crippen molar-refractivity contribution in [1.82, 2.24) is 14.9 Å². The Hall–Kier alpha value is -3.28. The Balaban J connectivity index is 1.30. The molecule has 1 fully saturated rings. The first-order chi connectivity index (χ1) is 16.2. The van der Waals surface area contributed by atoms with Crippen LogP contribution in [0.5, 0.6) is 0 Å². The number of hydrogen-bond acceptors (Lipinski definition) is 5. The fourth-order valence-corrected chi connectivity index (χ4v) is 5.47. The van der Waals surface area contributed by atoms with Crippen LogP contribution in [-0.2, 0) is 0 Å². The van der Waals surface area contributed by atoms with E-state index in [2.05, 4.69) is 87.9 Å². The number of thiazole rings is 1. The predicted octanol–water partition coefficient (Wildman–Crippen LogP) is 7.06. The van der Waals surface area contributed by atoms with E-state index in [0.29, 0.717) is 5.92 Å². The highest BCUT2D eigenvalue weighted by atomic mass is 32.1. The van der Waals surface area contributed by atoms with E-state index in [1.807, 2.05) is 17.8 Å². The standard InChI is InChI=1S/C28H26N4S/c1-32-14-11-21(12-15-32)19-2-4-20(5-3-19)22-6-8-25-24(16-22)26(10-13-29-25)31-23-7-9-28-27(17-23)30-18-33-28/h2-10,13,16-18,21H,11-12,14-15H2,1H3,(H,29,31). The van der Waals surface area contributed by atoms with Crippen molar-refractivity contribution >= 4 is 43.8 Å². The highest BCUT2D eigenvalue weighted by molar-refractivity contribution is 7.16. The van der Waals surface area contributed by atoms with E-state index < -0.39 is 0 Å². The molecule has 0 bridgehead atoms. The van der Waals surface area contributed by atoms with Gasteiger partial charge in [0, 0.05) is 23.0 Å². The van der Waals surface area contributed by atoms with Gasteiger partial charge in [-0.25, -0.2) is 4.98 Å². The summed E-state index contributed by atoms with van der Waals surface area (Å²) < 4.78 is 1.20. The van der Waals surface area contributed by atoms with Crippen molar-refractivity contribution in [2.75, 3.05) is 25.5 Å². The van der Waals surface area contributed by atoms with Crippen molar-refractivity contribution in [2.24, 2.45) is 0 Å². The summed E-state index contributed by atoms with van der Waals surface area (Å²) in [5, 5.41) is 4.70. The van der Waals surface area contributed by atoms with E-state index in [4.69, 9.17) is 0 Å². The number of piperidine rings is 1. The molecule has 0 unspecified atom stereocenters. The van der Waals surface area contributed by atoms with E-state index in [1.165, 1.54) is 47.3 Å². The van der Waals surface area contributed by atoms with Crippen LogP contribution in [0.25, 0.3) is 32.2 Å². The van der Waals surface area contributed by atoms with Crippen molar-refractivity contribution in [3.8, 4) is 11.1 Å². The summed E-state index contributed by atoms with van der Waals surface area (Å²) in [6.07, 6.45) is 4.36. The number of likely N-dealkylation sites (tertiary alicyclic amines) is 1. The Kier molecular flexibility index (Phi) is 5.29. The highest BCUT2D eigenvalue weighted by Gasteiger charge is 2.18. The quantitative estimate of drug-likeness (QED) is 0.318. The first-order valence-electron chi connectivity index (χ1n) is 11.5. The second kappa shape index (κ2) is 8.58. The molecule has 2 aromatic heterocycles. The number of nitrogens with one attached hydrogen (secondary N) is 1. The van der Waals surface area contributed by atoms with Crippen LogP contribution in [0, 0.1) is 0 Å². The van der Waals surface area contributed by atoms with Gasteiger partial charge in [-0.2, -0.15) is 0 Å².